The number of carbonyl (C=O) groups is 1. The molecule has 4 aromatic rings. The van der Waals surface area contributed by atoms with Gasteiger partial charge in [-0.25, -0.2) is 17.5 Å². The second kappa shape index (κ2) is 11.9. The number of aromatic nitrogens is 6. The van der Waals surface area contributed by atoms with Crippen molar-refractivity contribution in [2.24, 2.45) is 7.05 Å². The smallest absolute Gasteiger partial charge is 0.264 e. The molecular weight excluding hydrogens is 569 g/mol. The Kier molecular flexibility index (Phi) is 8.06. The number of pyridine rings is 1. The Morgan fingerprint density at radius 3 is 2.49 bits per heavy atom. The van der Waals surface area contributed by atoms with E-state index in [1.165, 1.54) is 33.0 Å². The van der Waals surface area contributed by atoms with Gasteiger partial charge < -0.3 is 0 Å². The van der Waals surface area contributed by atoms with Crippen molar-refractivity contribution in [3.05, 3.63) is 88.9 Å². The molecule has 6 rings (SSSR count). The number of ketones is 1. The predicted octanol–water partition coefficient (Wildman–Crippen LogP) is 4.87. The van der Waals surface area contributed by atoms with Crippen molar-refractivity contribution in [1.29, 1.82) is 0 Å². The van der Waals surface area contributed by atoms with Crippen LogP contribution in [0, 0.1) is 5.82 Å². The Balaban J connectivity index is 1.20. The van der Waals surface area contributed by atoms with E-state index in [0.717, 1.165) is 29.7 Å². The van der Waals surface area contributed by atoms with Gasteiger partial charge in [0, 0.05) is 32.8 Å². The first-order valence-electron chi connectivity index (χ1n) is 14.5. The lowest BCUT2D eigenvalue weighted by molar-refractivity contribution is 0.0978. The quantitative estimate of drug-likeness (QED) is 0.237. The van der Waals surface area contributed by atoms with E-state index in [-0.39, 0.29) is 22.7 Å². The third-order valence-corrected chi connectivity index (χ3v) is 10.1. The molecule has 1 aromatic carbocycles. The number of nitrogens with zero attached hydrogens (tertiary/aromatic N) is 7. The Bertz CT molecular complexity index is 1760. The van der Waals surface area contributed by atoms with E-state index in [9.17, 15) is 17.6 Å². The monoisotopic (exact) mass is 603 g/mol. The number of carbonyl (C=O) groups excluding carboxylic acids is 1. The summed E-state index contributed by atoms with van der Waals surface area (Å²) in [6.07, 6.45) is 12.7. The summed E-state index contributed by atoms with van der Waals surface area (Å²) in [5.41, 5.74) is 5.30. The lowest BCUT2D eigenvalue weighted by atomic mass is 9.90. The average molecular weight is 604 g/mol. The van der Waals surface area contributed by atoms with E-state index in [1.807, 2.05) is 12.1 Å². The van der Waals surface area contributed by atoms with Gasteiger partial charge in [0.2, 0.25) is 5.03 Å². The first-order valence-corrected chi connectivity index (χ1v) is 16.0. The minimum absolute atomic E-state index is 0.0107. The number of hydrogen-bond donors (Lipinski definition) is 0. The molecule has 0 saturated heterocycles. The highest BCUT2D eigenvalue weighted by Crippen LogP contribution is 2.40. The molecule has 3 aromatic heterocycles. The molecule has 2 aliphatic carbocycles. The third kappa shape index (κ3) is 6.35. The van der Waals surface area contributed by atoms with Crippen LogP contribution in [0.3, 0.4) is 0 Å². The summed E-state index contributed by atoms with van der Waals surface area (Å²) >= 11 is 0. The lowest BCUT2D eigenvalue weighted by Crippen LogP contribution is -2.38. The third-order valence-electron chi connectivity index (χ3n) is 8.37. The molecule has 0 spiro atoms. The summed E-state index contributed by atoms with van der Waals surface area (Å²) in [5, 5.41) is 12.4. The summed E-state index contributed by atoms with van der Waals surface area (Å²) in [7, 11) is -0.564. The first kappa shape index (κ1) is 29.1. The minimum Gasteiger partial charge on any atom is -0.292 e. The summed E-state index contributed by atoms with van der Waals surface area (Å²) in [6.45, 7) is 0. The molecule has 12 heteroatoms. The van der Waals surface area contributed by atoms with Crippen LogP contribution in [0.25, 0.3) is 11.8 Å². The first-order chi connectivity index (χ1) is 20.7. The molecule has 0 bridgehead atoms. The Labute approximate surface area is 250 Å². The maximum atomic E-state index is 13.7. The zero-order valence-corrected chi connectivity index (χ0v) is 25.0. The van der Waals surface area contributed by atoms with Gasteiger partial charge in [-0.05, 0) is 104 Å². The normalized spacial score (nSPS) is 17.4. The molecule has 2 saturated carbocycles. The number of rotatable bonds is 10. The SMILES string of the molecule is CN(C1CCC(=Cc2c(CCC(=O)c3cc(C4CC4)ccn3)cnn2-c2ccc(F)cc2)CC1)S(=O)(=O)c1cnn(C)n1. The molecule has 0 radical (unpaired) electrons. The number of aryl methyl sites for hydroxylation is 2. The van der Waals surface area contributed by atoms with Crippen molar-refractivity contribution < 1.29 is 17.6 Å². The summed E-state index contributed by atoms with van der Waals surface area (Å²) in [6, 6.07) is 9.89. The van der Waals surface area contributed by atoms with Crippen molar-refractivity contribution >= 4 is 21.9 Å². The fraction of sp³-hybridized carbons (Fsp3) is 0.387. The maximum Gasteiger partial charge on any atom is 0.264 e. The highest BCUT2D eigenvalue weighted by Gasteiger charge is 2.32. The summed E-state index contributed by atoms with van der Waals surface area (Å²) < 4.78 is 43.0. The van der Waals surface area contributed by atoms with E-state index in [4.69, 9.17) is 0 Å². The number of benzene rings is 1. The van der Waals surface area contributed by atoms with Gasteiger partial charge >= 0.3 is 0 Å². The number of allylic oxidation sites excluding steroid dienone is 1. The van der Waals surface area contributed by atoms with Crippen LogP contribution in [0.1, 0.15) is 78.2 Å². The number of sulfonamides is 1. The van der Waals surface area contributed by atoms with Crippen LogP contribution in [-0.2, 0) is 23.5 Å². The number of halogens is 1. The van der Waals surface area contributed by atoms with Crippen LogP contribution >= 0.6 is 0 Å². The van der Waals surface area contributed by atoms with Crippen LogP contribution in [0.4, 0.5) is 4.39 Å². The fourth-order valence-electron chi connectivity index (χ4n) is 5.64. The van der Waals surface area contributed by atoms with Crippen molar-refractivity contribution in [2.75, 3.05) is 7.05 Å². The topological polar surface area (TPSA) is 116 Å². The molecule has 0 N–H and O–H groups in total. The molecule has 0 amide bonds. The minimum atomic E-state index is -3.74. The maximum absolute atomic E-state index is 13.7. The Hall–Kier alpha value is -4.03. The van der Waals surface area contributed by atoms with Crippen molar-refractivity contribution in [2.45, 2.75) is 68.4 Å². The van der Waals surface area contributed by atoms with Crippen LogP contribution in [0.5, 0.6) is 0 Å². The predicted molar refractivity (Wildman–Crippen MR) is 159 cm³/mol. The average Bonchev–Trinajstić information content (AvgIpc) is 3.66. The number of hydrogen-bond acceptors (Lipinski definition) is 7. The molecule has 43 heavy (non-hydrogen) atoms. The molecule has 224 valence electrons. The summed E-state index contributed by atoms with van der Waals surface area (Å²) in [4.78, 5) is 18.7. The molecule has 0 aliphatic heterocycles. The lowest BCUT2D eigenvalue weighted by Gasteiger charge is -2.31. The molecule has 3 heterocycles. The molecule has 2 aliphatic rings. The van der Waals surface area contributed by atoms with Gasteiger partial charge in [-0.2, -0.15) is 19.3 Å². The van der Waals surface area contributed by atoms with Gasteiger partial charge in [-0.15, -0.1) is 5.10 Å². The molecule has 10 nitrogen and oxygen atoms in total. The Morgan fingerprint density at radius 2 is 1.81 bits per heavy atom. The second-order valence-corrected chi connectivity index (χ2v) is 13.3. The van der Waals surface area contributed by atoms with E-state index in [0.29, 0.717) is 55.8 Å². The zero-order valence-electron chi connectivity index (χ0n) is 24.2. The van der Waals surface area contributed by atoms with E-state index >= 15 is 0 Å². The van der Waals surface area contributed by atoms with E-state index < -0.39 is 10.0 Å². The van der Waals surface area contributed by atoms with Gasteiger partial charge in [0.1, 0.15) is 11.5 Å². The summed E-state index contributed by atoms with van der Waals surface area (Å²) in [5.74, 6) is 0.202. The fourth-order valence-corrected chi connectivity index (χ4v) is 6.94. The van der Waals surface area contributed by atoms with Gasteiger partial charge in [0.15, 0.2) is 5.78 Å². The number of Topliss-reactive ketones (excluding diaryl/α,β-unsaturated/α-hetero) is 1. The molecule has 0 atom stereocenters. The van der Waals surface area contributed by atoms with E-state index in [1.54, 1.807) is 43.3 Å². The standard InChI is InChI=1S/C31H34FN7O3S/c1-37(43(41,42)31-20-34-38(2)36-31)26-10-3-21(4-11-26)17-29-24(19-35-39(29)27-12-8-25(32)9-13-27)7-14-30(40)28-18-23(15-16-33-28)22-5-6-22/h8-9,12-13,15-20,22,26H,3-7,10-11,14H2,1-2H3. The van der Waals surface area contributed by atoms with Crippen LogP contribution in [0.15, 0.2) is 65.6 Å². The van der Waals surface area contributed by atoms with Crippen LogP contribution in [0.2, 0.25) is 0 Å². The van der Waals surface area contributed by atoms with Crippen LogP contribution < -0.4 is 0 Å². The Morgan fingerprint density at radius 1 is 1.07 bits per heavy atom. The largest absolute Gasteiger partial charge is 0.292 e. The highest BCUT2D eigenvalue weighted by molar-refractivity contribution is 7.89. The van der Waals surface area contributed by atoms with Crippen LogP contribution in [-0.4, -0.2) is 61.4 Å². The van der Waals surface area contributed by atoms with Gasteiger partial charge in [-0.3, -0.25) is 9.78 Å². The van der Waals surface area contributed by atoms with Gasteiger partial charge in [0.05, 0.1) is 23.8 Å². The van der Waals surface area contributed by atoms with Gasteiger partial charge in [0.25, 0.3) is 10.0 Å². The van der Waals surface area contributed by atoms with Crippen molar-refractivity contribution in [3.63, 3.8) is 0 Å². The highest BCUT2D eigenvalue weighted by atomic mass is 32.2. The van der Waals surface area contributed by atoms with E-state index in [2.05, 4.69) is 26.4 Å². The molecular formula is C31H34FN7O3S. The molecule has 2 fully saturated rings. The van der Waals surface area contributed by atoms with Crippen molar-refractivity contribution in [3.8, 4) is 5.69 Å². The molecule has 0 unspecified atom stereocenters. The van der Waals surface area contributed by atoms with Crippen molar-refractivity contribution in [1.82, 2.24) is 34.1 Å². The van der Waals surface area contributed by atoms with Gasteiger partial charge in [-0.1, -0.05) is 5.57 Å². The zero-order chi connectivity index (χ0) is 30.1. The second-order valence-electron chi connectivity index (χ2n) is 11.3.